The van der Waals surface area contributed by atoms with E-state index in [1.807, 2.05) is 30.3 Å². The predicted octanol–water partition coefficient (Wildman–Crippen LogP) is 3.62. The highest BCUT2D eigenvalue weighted by Gasteiger charge is 2.22. The second-order valence-corrected chi connectivity index (χ2v) is 8.47. The van der Waals surface area contributed by atoms with Crippen molar-refractivity contribution in [3.05, 3.63) is 85.0 Å². The van der Waals surface area contributed by atoms with Gasteiger partial charge >= 0.3 is 0 Å². The van der Waals surface area contributed by atoms with Crippen LogP contribution in [0.4, 0.5) is 0 Å². The summed E-state index contributed by atoms with van der Waals surface area (Å²) >= 11 is 0. The lowest BCUT2D eigenvalue weighted by Crippen LogP contribution is -2.26. The Morgan fingerprint density at radius 2 is 1.76 bits per heavy atom. The average Bonchev–Trinajstić information content (AvgIpc) is 3.23. The maximum atomic E-state index is 12.9. The van der Waals surface area contributed by atoms with Gasteiger partial charge in [0.05, 0.1) is 17.1 Å². The molecule has 0 radical (unpaired) electrons. The Bertz CT molecular complexity index is 1190. The predicted molar refractivity (Wildman–Crippen MR) is 108 cm³/mol. The molecule has 0 aliphatic rings. The molecule has 0 fully saturated rings. The first-order valence-electron chi connectivity index (χ1n) is 8.88. The van der Waals surface area contributed by atoms with Gasteiger partial charge in [-0.25, -0.2) is 8.42 Å². The van der Waals surface area contributed by atoms with E-state index in [9.17, 15) is 8.42 Å². The van der Waals surface area contributed by atoms with Crippen molar-refractivity contribution in [1.82, 2.24) is 19.4 Å². The van der Waals surface area contributed by atoms with Crippen molar-refractivity contribution in [2.75, 3.05) is 7.05 Å². The zero-order chi connectivity index (χ0) is 20.3. The van der Waals surface area contributed by atoms with Gasteiger partial charge in [0.1, 0.15) is 5.69 Å². The Morgan fingerprint density at radius 3 is 2.45 bits per heavy atom. The van der Waals surface area contributed by atoms with E-state index in [1.165, 1.54) is 11.4 Å². The van der Waals surface area contributed by atoms with Crippen molar-refractivity contribution in [3.63, 3.8) is 0 Å². The summed E-state index contributed by atoms with van der Waals surface area (Å²) in [5, 5.41) is 3.97. The zero-order valence-corrected chi connectivity index (χ0v) is 16.5. The van der Waals surface area contributed by atoms with Gasteiger partial charge in [-0.3, -0.25) is 9.97 Å². The van der Waals surface area contributed by atoms with Gasteiger partial charge < -0.3 is 4.52 Å². The summed E-state index contributed by atoms with van der Waals surface area (Å²) in [6.07, 6.45) is 5.09. The highest BCUT2D eigenvalue weighted by atomic mass is 32.2. The van der Waals surface area contributed by atoms with Gasteiger partial charge in [-0.15, -0.1) is 0 Å². The van der Waals surface area contributed by atoms with Crippen LogP contribution in [-0.4, -0.2) is 34.9 Å². The van der Waals surface area contributed by atoms with Crippen LogP contribution in [0.1, 0.15) is 5.76 Å². The fraction of sp³-hybridized carbons (Fsp3) is 0.0952. The third-order valence-corrected chi connectivity index (χ3v) is 6.24. The number of rotatable bonds is 6. The van der Waals surface area contributed by atoms with Crippen LogP contribution in [0, 0.1) is 0 Å². The van der Waals surface area contributed by atoms with Gasteiger partial charge in [0.2, 0.25) is 10.0 Å². The fourth-order valence-electron chi connectivity index (χ4n) is 2.86. The molecule has 3 aromatic heterocycles. The van der Waals surface area contributed by atoms with Crippen molar-refractivity contribution in [2.45, 2.75) is 11.4 Å². The highest BCUT2D eigenvalue weighted by molar-refractivity contribution is 7.89. The van der Waals surface area contributed by atoms with Gasteiger partial charge in [-0.1, -0.05) is 29.4 Å². The average molecular weight is 406 g/mol. The standard InChI is InChI=1S/C21H18N4O3S/c1-25(15-18-13-21(24-28-18)20-6-2-3-12-23-20)29(26,27)19-9-7-16(8-10-19)17-5-4-11-22-14-17/h2-14H,15H2,1H3. The summed E-state index contributed by atoms with van der Waals surface area (Å²) in [4.78, 5) is 8.50. The molecule has 0 aliphatic heterocycles. The van der Waals surface area contributed by atoms with Gasteiger partial charge in [0.15, 0.2) is 5.76 Å². The Labute approximate surface area is 168 Å². The van der Waals surface area contributed by atoms with Crippen molar-refractivity contribution >= 4 is 10.0 Å². The molecule has 8 heteroatoms. The van der Waals surface area contributed by atoms with E-state index in [0.717, 1.165) is 11.1 Å². The maximum absolute atomic E-state index is 12.9. The molecule has 0 N–H and O–H groups in total. The van der Waals surface area contributed by atoms with Crippen LogP contribution in [0.2, 0.25) is 0 Å². The second kappa shape index (κ2) is 7.94. The van der Waals surface area contributed by atoms with E-state index in [1.54, 1.807) is 48.9 Å². The second-order valence-electron chi connectivity index (χ2n) is 6.42. The number of hydrogen-bond acceptors (Lipinski definition) is 6. The number of benzene rings is 1. The highest BCUT2D eigenvalue weighted by Crippen LogP contribution is 2.23. The Kier molecular flexibility index (Phi) is 5.20. The molecule has 0 amide bonds. The lowest BCUT2D eigenvalue weighted by Gasteiger charge is -2.15. The minimum Gasteiger partial charge on any atom is -0.359 e. The number of pyridine rings is 2. The van der Waals surface area contributed by atoms with Crippen molar-refractivity contribution in [2.24, 2.45) is 0 Å². The van der Waals surface area contributed by atoms with Crippen LogP contribution < -0.4 is 0 Å². The molecule has 0 saturated carbocycles. The summed E-state index contributed by atoms with van der Waals surface area (Å²) in [5.74, 6) is 0.434. The van der Waals surface area contributed by atoms with Crippen molar-refractivity contribution < 1.29 is 12.9 Å². The van der Waals surface area contributed by atoms with Gasteiger partial charge in [-0.2, -0.15) is 4.31 Å². The molecule has 0 saturated heterocycles. The van der Waals surface area contributed by atoms with Crippen LogP contribution in [0.3, 0.4) is 0 Å². The number of nitrogens with zero attached hydrogens (tertiary/aromatic N) is 4. The molecule has 29 heavy (non-hydrogen) atoms. The molecule has 0 atom stereocenters. The van der Waals surface area contributed by atoms with Crippen LogP contribution in [-0.2, 0) is 16.6 Å². The lowest BCUT2D eigenvalue weighted by molar-refractivity contribution is 0.344. The molecule has 3 heterocycles. The monoisotopic (exact) mass is 406 g/mol. The van der Waals surface area contributed by atoms with Crippen molar-refractivity contribution in [3.8, 4) is 22.5 Å². The minimum absolute atomic E-state index is 0.0620. The summed E-state index contributed by atoms with van der Waals surface area (Å²) in [5.41, 5.74) is 3.05. The molecule has 7 nitrogen and oxygen atoms in total. The number of hydrogen-bond donors (Lipinski definition) is 0. The molecule has 0 bridgehead atoms. The smallest absolute Gasteiger partial charge is 0.243 e. The normalized spacial score (nSPS) is 11.7. The quantitative estimate of drug-likeness (QED) is 0.486. The first-order valence-corrected chi connectivity index (χ1v) is 10.3. The molecule has 146 valence electrons. The van der Waals surface area contributed by atoms with Crippen LogP contribution >= 0.6 is 0 Å². The Morgan fingerprint density at radius 1 is 0.931 bits per heavy atom. The minimum atomic E-state index is -3.68. The molecular formula is C21H18N4O3S. The number of sulfonamides is 1. The van der Waals surface area contributed by atoms with Crippen LogP contribution in [0.25, 0.3) is 22.5 Å². The molecule has 0 spiro atoms. The lowest BCUT2D eigenvalue weighted by atomic mass is 10.1. The SMILES string of the molecule is CN(Cc1cc(-c2ccccn2)no1)S(=O)(=O)c1ccc(-c2cccnc2)cc1. The zero-order valence-electron chi connectivity index (χ0n) is 15.6. The summed E-state index contributed by atoms with van der Waals surface area (Å²) in [6, 6.07) is 17.6. The first kappa shape index (κ1) is 19.0. The first-order chi connectivity index (χ1) is 14.0. The molecule has 4 rings (SSSR count). The molecule has 0 unspecified atom stereocenters. The van der Waals surface area contributed by atoms with Crippen molar-refractivity contribution in [1.29, 1.82) is 0 Å². The van der Waals surface area contributed by atoms with Crippen LogP contribution in [0.5, 0.6) is 0 Å². The topological polar surface area (TPSA) is 89.2 Å². The van der Waals surface area contributed by atoms with Gasteiger partial charge in [0, 0.05) is 31.7 Å². The third-order valence-electron chi connectivity index (χ3n) is 4.42. The van der Waals surface area contributed by atoms with E-state index >= 15 is 0 Å². The van der Waals surface area contributed by atoms with E-state index in [-0.39, 0.29) is 11.4 Å². The largest absolute Gasteiger partial charge is 0.359 e. The Balaban J connectivity index is 1.51. The molecule has 0 aliphatic carbocycles. The van der Waals surface area contributed by atoms with E-state index in [0.29, 0.717) is 17.1 Å². The Hall–Kier alpha value is -3.36. The van der Waals surface area contributed by atoms with Gasteiger partial charge in [-0.05, 0) is 41.5 Å². The third kappa shape index (κ3) is 4.08. The fourth-order valence-corrected chi connectivity index (χ4v) is 4.00. The molecule has 4 aromatic rings. The maximum Gasteiger partial charge on any atom is 0.243 e. The number of aromatic nitrogens is 3. The summed E-state index contributed by atoms with van der Waals surface area (Å²) in [6.45, 7) is 0.0620. The van der Waals surface area contributed by atoms with E-state index < -0.39 is 10.0 Å². The molecule has 1 aromatic carbocycles. The van der Waals surface area contributed by atoms with E-state index in [4.69, 9.17) is 4.52 Å². The van der Waals surface area contributed by atoms with E-state index in [2.05, 4.69) is 15.1 Å². The molecular weight excluding hydrogens is 388 g/mol. The summed E-state index contributed by atoms with van der Waals surface area (Å²) < 4.78 is 32.3. The summed E-state index contributed by atoms with van der Waals surface area (Å²) in [7, 11) is -2.17. The van der Waals surface area contributed by atoms with Crippen LogP contribution in [0.15, 0.2) is 88.7 Å². The van der Waals surface area contributed by atoms with Gasteiger partial charge in [0.25, 0.3) is 0 Å².